The molecular formula is C22H24ClN3O3. The molecule has 1 amide bonds. The number of carbonyl (C=O) groups is 1. The standard InChI is InChI=1S/C22H24ClN3O3/c1-28-16-15-26(21(27)12-7-17-5-3-2-4-6-17)14-13-20-24-22(25-29-20)18-8-10-19(23)11-9-18/h2-6,8-11H,7,12-16H2,1H3. The third kappa shape index (κ3) is 6.41. The first kappa shape index (κ1) is 21.0. The second kappa shape index (κ2) is 10.7. The summed E-state index contributed by atoms with van der Waals surface area (Å²) in [6.45, 7) is 1.51. The van der Waals surface area contributed by atoms with Crippen LogP contribution in [-0.4, -0.2) is 47.8 Å². The molecule has 0 aliphatic rings. The number of methoxy groups -OCH3 is 1. The predicted octanol–water partition coefficient (Wildman–Crippen LogP) is 4.04. The summed E-state index contributed by atoms with van der Waals surface area (Å²) >= 11 is 5.91. The van der Waals surface area contributed by atoms with Crippen LogP contribution in [0.1, 0.15) is 17.9 Å². The Labute approximate surface area is 175 Å². The fraction of sp³-hybridized carbons (Fsp3) is 0.318. The highest BCUT2D eigenvalue weighted by Crippen LogP contribution is 2.19. The number of carbonyl (C=O) groups excluding carboxylic acids is 1. The van der Waals surface area contributed by atoms with Gasteiger partial charge in [-0.05, 0) is 36.2 Å². The van der Waals surface area contributed by atoms with Gasteiger partial charge in [-0.25, -0.2) is 0 Å². The quantitative estimate of drug-likeness (QED) is 0.501. The number of aryl methyl sites for hydroxylation is 1. The van der Waals surface area contributed by atoms with Gasteiger partial charge in [-0.15, -0.1) is 0 Å². The zero-order valence-electron chi connectivity index (χ0n) is 16.4. The highest BCUT2D eigenvalue weighted by Gasteiger charge is 2.16. The van der Waals surface area contributed by atoms with E-state index in [1.165, 1.54) is 0 Å². The molecule has 0 fully saturated rings. The predicted molar refractivity (Wildman–Crippen MR) is 112 cm³/mol. The van der Waals surface area contributed by atoms with Crippen molar-refractivity contribution in [2.24, 2.45) is 0 Å². The lowest BCUT2D eigenvalue weighted by Crippen LogP contribution is -2.35. The maximum absolute atomic E-state index is 12.7. The first-order valence-electron chi connectivity index (χ1n) is 9.55. The lowest BCUT2D eigenvalue weighted by molar-refractivity contribution is -0.131. The number of aromatic nitrogens is 2. The summed E-state index contributed by atoms with van der Waals surface area (Å²) in [5.74, 6) is 1.09. The van der Waals surface area contributed by atoms with Crippen molar-refractivity contribution in [2.45, 2.75) is 19.3 Å². The van der Waals surface area contributed by atoms with Crippen LogP contribution < -0.4 is 0 Å². The third-order valence-corrected chi connectivity index (χ3v) is 4.81. The maximum atomic E-state index is 12.7. The van der Waals surface area contributed by atoms with E-state index in [1.807, 2.05) is 42.5 Å². The van der Waals surface area contributed by atoms with Gasteiger partial charge in [0, 0.05) is 43.6 Å². The highest BCUT2D eigenvalue weighted by molar-refractivity contribution is 6.30. The Morgan fingerprint density at radius 2 is 1.83 bits per heavy atom. The van der Waals surface area contributed by atoms with Crippen molar-refractivity contribution in [1.29, 1.82) is 0 Å². The van der Waals surface area contributed by atoms with Crippen LogP contribution in [0.15, 0.2) is 59.1 Å². The third-order valence-electron chi connectivity index (χ3n) is 4.55. The van der Waals surface area contributed by atoms with Crippen LogP contribution in [0.5, 0.6) is 0 Å². The fourth-order valence-electron chi connectivity index (χ4n) is 2.92. The molecule has 0 aliphatic carbocycles. The van der Waals surface area contributed by atoms with E-state index in [-0.39, 0.29) is 5.91 Å². The van der Waals surface area contributed by atoms with Crippen LogP contribution >= 0.6 is 11.6 Å². The summed E-state index contributed by atoms with van der Waals surface area (Å²) in [5.41, 5.74) is 1.98. The first-order chi connectivity index (χ1) is 14.2. The number of hydrogen-bond acceptors (Lipinski definition) is 5. The smallest absolute Gasteiger partial charge is 0.228 e. The molecule has 1 heterocycles. The Balaban J connectivity index is 1.57. The number of amides is 1. The van der Waals surface area contributed by atoms with Gasteiger partial charge >= 0.3 is 0 Å². The topological polar surface area (TPSA) is 68.5 Å². The number of nitrogens with zero attached hydrogens (tertiary/aromatic N) is 3. The maximum Gasteiger partial charge on any atom is 0.228 e. The minimum Gasteiger partial charge on any atom is -0.383 e. The first-order valence-corrected chi connectivity index (χ1v) is 9.92. The van der Waals surface area contributed by atoms with Crippen LogP contribution in [0.2, 0.25) is 5.02 Å². The van der Waals surface area contributed by atoms with Crippen molar-refractivity contribution >= 4 is 17.5 Å². The van der Waals surface area contributed by atoms with Gasteiger partial charge in [0.15, 0.2) is 0 Å². The van der Waals surface area contributed by atoms with Crippen LogP contribution in [-0.2, 0) is 22.4 Å². The molecular weight excluding hydrogens is 390 g/mol. The molecule has 0 unspecified atom stereocenters. The Bertz CT molecular complexity index is 897. The lowest BCUT2D eigenvalue weighted by atomic mass is 10.1. The minimum atomic E-state index is 0.0864. The van der Waals surface area contributed by atoms with Gasteiger partial charge in [-0.3, -0.25) is 4.79 Å². The molecule has 2 aromatic carbocycles. The zero-order valence-corrected chi connectivity index (χ0v) is 17.1. The number of rotatable bonds is 10. The second-order valence-corrected chi connectivity index (χ2v) is 7.06. The van der Waals surface area contributed by atoms with Gasteiger partial charge in [-0.1, -0.05) is 47.1 Å². The van der Waals surface area contributed by atoms with Crippen molar-refractivity contribution in [3.05, 3.63) is 71.1 Å². The molecule has 0 aliphatic heterocycles. The molecule has 7 heteroatoms. The lowest BCUT2D eigenvalue weighted by Gasteiger charge is -2.21. The second-order valence-electron chi connectivity index (χ2n) is 6.63. The van der Waals surface area contributed by atoms with Crippen LogP contribution in [0.4, 0.5) is 0 Å². The van der Waals surface area contributed by atoms with Gasteiger partial charge < -0.3 is 14.2 Å². The Hall–Kier alpha value is -2.70. The fourth-order valence-corrected chi connectivity index (χ4v) is 3.05. The SMILES string of the molecule is COCCN(CCc1nc(-c2ccc(Cl)cc2)no1)C(=O)CCc1ccccc1. The molecule has 0 radical (unpaired) electrons. The summed E-state index contributed by atoms with van der Waals surface area (Å²) < 4.78 is 10.5. The Morgan fingerprint density at radius 1 is 1.07 bits per heavy atom. The monoisotopic (exact) mass is 413 g/mol. The van der Waals surface area contributed by atoms with E-state index < -0.39 is 0 Å². The molecule has 0 N–H and O–H groups in total. The largest absolute Gasteiger partial charge is 0.383 e. The van der Waals surface area contributed by atoms with E-state index in [4.69, 9.17) is 20.9 Å². The number of halogens is 1. The summed E-state index contributed by atoms with van der Waals surface area (Å²) in [6.07, 6.45) is 1.65. The molecule has 29 heavy (non-hydrogen) atoms. The Morgan fingerprint density at radius 3 is 2.55 bits per heavy atom. The van der Waals surface area contributed by atoms with E-state index in [9.17, 15) is 4.79 Å². The Kier molecular flexibility index (Phi) is 7.78. The normalized spacial score (nSPS) is 10.8. The van der Waals surface area contributed by atoms with E-state index >= 15 is 0 Å². The molecule has 3 aromatic rings. The molecule has 152 valence electrons. The molecule has 6 nitrogen and oxygen atoms in total. The van der Waals surface area contributed by atoms with E-state index in [1.54, 1.807) is 24.1 Å². The van der Waals surface area contributed by atoms with Gasteiger partial charge in [0.1, 0.15) is 0 Å². The van der Waals surface area contributed by atoms with Gasteiger partial charge in [0.05, 0.1) is 6.61 Å². The highest BCUT2D eigenvalue weighted by atomic mass is 35.5. The summed E-state index contributed by atoms with van der Waals surface area (Å²) in [6, 6.07) is 17.2. The molecule has 0 spiro atoms. The minimum absolute atomic E-state index is 0.0864. The van der Waals surface area contributed by atoms with Gasteiger partial charge in [-0.2, -0.15) is 4.98 Å². The van der Waals surface area contributed by atoms with Crippen molar-refractivity contribution in [3.63, 3.8) is 0 Å². The summed E-state index contributed by atoms with van der Waals surface area (Å²) in [5, 5.41) is 4.67. The average molecular weight is 414 g/mol. The molecule has 0 bridgehead atoms. The zero-order chi connectivity index (χ0) is 20.5. The average Bonchev–Trinajstić information content (AvgIpc) is 3.22. The van der Waals surface area contributed by atoms with Crippen molar-refractivity contribution < 1.29 is 14.1 Å². The summed E-state index contributed by atoms with van der Waals surface area (Å²) in [7, 11) is 1.63. The number of ether oxygens (including phenoxy) is 1. The number of benzene rings is 2. The molecule has 0 saturated heterocycles. The van der Waals surface area contributed by atoms with Crippen LogP contribution in [0, 0.1) is 0 Å². The van der Waals surface area contributed by atoms with Gasteiger partial charge in [0.25, 0.3) is 0 Å². The molecule has 1 aromatic heterocycles. The van der Waals surface area contributed by atoms with Crippen molar-refractivity contribution in [2.75, 3.05) is 26.8 Å². The summed E-state index contributed by atoms with van der Waals surface area (Å²) in [4.78, 5) is 18.9. The number of hydrogen-bond donors (Lipinski definition) is 0. The molecule has 0 atom stereocenters. The van der Waals surface area contributed by atoms with Crippen LogP contribution in [0.3, 0.4) is 0 Å². The van der Waals surface area contributed by atoms with E-state index in [2.05, 4.69) is 10.1 Å². The van der Waals surface area contributed by atoms with Crippen LogP contribution in [0.25, 0.3) is 11.4 Å². The molecule has 3 rings (SSSR count). The van der Waals surface area contributed by atoms with Crippen molar-refractivity contribution in [1.82, 2.24) is 15.0 Å². The molecule has 0 saturated carbocycles. The van der Waals surface area contributed by atoms with E-state index in [0.717, 1.165) is 11.1 Å². The van der Waals surface area contributed by atoms with Crippen molar-refractivity contribution in [3.8, 4) is 11.4 Å². The van der Waals surface area contributed by atoms with Gasteiger partial charge in [0.2, 0.25) is 17.6 Å². The van der Waals surface area contributed by atoms with E-state index in [0.29, 0.717) is 55.7 Å².